The summed E-state index contributed by atoms with van der Waals surface area (Å²) >= 11 is 0. The van der Waals surface area contributed by atoms with Crippen molar-refractivity contribution in [2.75, 3.05) is 19.6 Å². The Morgan fingerprint density at radius 1 is 1.26 bits per heavy atom. The van der Waals surface area contributed by atoms with Crippen molar-refractivity contribution in [1.29, 1.82) is 0 Å². The third-order valence-corrected chi connectivity index (χ3v) is 5.17. The lowest BCUT2D eigenvalue weighted by Crippen LogP contribution is -2.40. The molecule has 2 aliphatic heterocycles. The second kappa shape index (κ2) is 4.37. The molecular weight excluding hydrogens is 238 g/mol. The van der Waals surface area contributed by atoms with E-state index in [1.54, 1.807) is 0 Å². The third kappa shape index (κ3) is 1.73. The van der Waals surface area contributed by atoms with E-state index in [0.29, 0.717) is 18.0 Å². The monoisotopic (exact) mass is 259 g/mol. The SMILES string of the molecule is O=C(c1cccn1C1CCC1)N1CC[C@H]2CNC[C@H]21. The Bertz CT molecular complexity index is 491. The molecule has 0 spiro atoms. The van der Waals surface area contributed by atoms with E-state index in [9.17, 15) is 4.79 Å². The van der Waals surface area contributed by atoms with Crippen molar-refractivity contribution in [2.24, 2.45) is 5.92 Å². The van der Waals surface area contributed by atoms with Crippen LogP contribution in [0, 0.1) is 5.92 Å². The van der Waals surface area contributed by atoms with E-state index in [0.717, 1.165) is 31.7 Å². The predicted molar refractivity (Wildman–Crippen MR) is 73.1 cm³/mol. The maximum Gasteiger partial charge on any atom is 0.270 e. The summed E-state index contributed by atoms with van der Waals surface area (Å²) in [6, 6.07) is 5.01. The third-order valence-electron chi connectivity index (χ3n) is 5.17. The van der Waals surface area contributed by atoms with Crippen LogP contribution in [0.5, 0.6) is 0 Å². The van der Waals surface area contributed by atoms with E-state index < -0.39 is 0 Å². The number of amides is 1. The molecule has 19 heavy (non-hydrogen) atoms. The van der Waals surface area contributed by atoms with Crippen LogP contribution in [0.1, 0.15) is 42.2 Å². The zero-order valence-electron chi connectivity index (χ0n) is 11.2. The number of carbonyl (C=O) groups excluding carboxylic acids is 1. The molecule has 2 atom stereocenters. The average Bonchev–Trinajstić information content (AvgIpc) is 3.01. The van der Waals surface area contributed by atoms with Gasteiger partial charge in [-0.2, -0.15) is 0 Å². The average molecular weight is 259 g/mol. The molecular formula is C15H21N3O. The minimum Gasteiger partial charge on any atom is -0.340 e. The van der Waals surface area contributed by atoms with E-state index in [2.05, 4.69) is 21.0 Å². The van der Waals surface area contributed by atoms with E-state index in [4.69, 9.17) is 0 Å². The summed E-state index contributed by atoms with van der Waals surface area (Å²) in [7, 11) is 0. The lowest BCUT2D eigenvalue weighted by atomic mass is 9.93. The van der Waals surface area contributed by atoms with Crippen molar-refractivity contribution in [3.05, 3.63) is 24.0 Å². The summed E-state index contributed by atoms with van der Waals surface area (Å²) in [6.07, 6.45) is 6.99. The van der Waals surface area contributed by atoms with Crippen LogP contribution in [0.2, 0.25) is 0 Å². The highest BCUT2D eigenvalue weighted by Crippen LogP contribution is 2.34. The first-order chi connectivity index (χ1) is 9.34. The van der Waals surface area contributed by atoms with Crippen molar-refractivity contribution in [3.63, 3.8) is 0 Å². The molecule has 3 fully saturated rings. The molecule has 0 aromatic carbocycles. The molecule has 3 heterocycles. The maximum absolute atomic E-state index is 12.8. The smallest absolute Gasteiger partial charge is 0.270 e. The van der Waals surface area contributed by atoms with Gasteiger partial charge in [0.25, 0.3) is 5.91 Å². The molecule has 0 radical (unpaired) electrons. The summed E-state index contributed by atoms with van der Waals surface area (Å²) in [5.74, 6) is 0.921. The number of nitrogens with one attached hydrogen (secondary N) is 1. The van der Waals surface area contributed by atoms with Gasteiger partial charge < -0.3 is 14.8 Å². The molecule has 1 aromatic rings. The molecule has 0 bridgehead atoms. The summed E-state index contributed by atoms with van der Waals surface area (Å²) in [5, 5.41) is 3.41. The van der Waals surface area contributed by atoms with Gasteiger partial charge in [-0.3, -0.25) is 4.79 Å². The fourth-order valence-electron chi connectivity index (χ4n) is 3.81. The van der Waals surface area contributed by atoms with E-state index in [1.807, 2.05) is 12.1 Å². The first-order valence-electron chi connectivity index (χ1n) is 7.53. The van der Waals surface area contributed by atoms with Gasteiger partial charge in [-0.15, -0.1) is 0 Å². The van der Waals surface area contributed by atoms with E-state index in [-0.39, 0.29) is 5.91 Å². The fourth-order valence-corrected chi connectivity index (χ4v) is 3.81. The highest BCUT2D eigenvalue weighted by Gasteiger charge is 2.41. The van der Waals surface area contributed by atoms with Crippen LogP contribution in [0.15, 0.2) is 18.3 Å². The number of rotatable bonds is 2. The first-order valence-corrected chi connectivity index (χ1v) is 7.53. The van der Waals surface area contributed by atoms with Gasteiger partial charge in [-0.25, -0.2) is 0 Å². The van der Waals surface area contributed by atoms with E-state index >= 15 is 0 Å². The second-order valence-corrected chi connectivity index (χ2v) is 6.16. The zero-order chi connectivity index (χ0) is 12.8. The Morgan fingerprint density at radius 3 is 2.95 bits per heavy atom. The van der Waals surface area contributed by atoms with Crippen LogP contribution in [0.3, 0.4) is 0 Å². The van der Waals surface area contributed by atoms with Crippen LogP contribution in [0.25, 0.3) is 0 Å². The number of aromatic nitrogens is 1. The highest BCUT2D eigenvalue weighted by atomic mass is 16.2. The van der Waals surface area contributed by atoms with Crippen molar-refractivity contribution >= 4 is 5.91 Å². The topological polar surface area (TPSA) is 37.3 Å². The molecule has 2 saturated heterocycles. The summed E-state index contributed by atoms with van der Waals surface area (Å²) in [4.78, 5) is 14.9. The molecule has 102 valence electrons. The molecule has 3 aliphatic rings. The Labute approximate surface area is 113 Å². The van der Waals surface area contributed by atoms with Gasteiger partial charge in [0.1, 0.15) is 5.69 Å². The zero-order valence-corrected chi connectivity index (χ0v) is 11.2. The van der Waals surface area contributed by atoms with Crippen LogP contribution in [-0.2, 0) is 0 Å². The molecule has 0 unspecified atom stereocenters. The lowest BCUT2D eigenvalue weighted by molar-refractivity contribution is 0.0720. The van der Waals surface area contributed by atoms with Crippen LogP contribution < -0.4 is 5.32 Å². The maximum atomic E-state index is 12.8. The molecule has 4 heteroatoms. The first kappa shape index (κ1) is 11.5. The Morgan fingerprint density at radius 2 is 2.16 bits per heavy atom. The van der Waals surface area contributed by atoms with Crippen LogP contribution in [-0.4, -0.2) is 41.1 Å². The predicted octanol–water partition coefficient (Wildman–Crippen LogP) is 1.65. The molecule has 4 rings (SSSR count). The Balaban J connectivity index is 1.58. The molecule has 1 amide bonds. The standard InChI is InChI=1S/C15H21N3O/c19-15(18-8-6-11-9-16-10-14(11)18)13-5-2-7-17(13)12-3-1-4-12/h2,5,7,11-12,14,16H,1,3-4,6,8-10H2/t11-,14+/m0/s1. The quantitative estimate of drug-likeness (QED) is 0.877. The molecule has 4 nitrogen and oxygen atoms in total. The fraction of sp³-hybridized carbons (Fsp3) is 0.667. The highest BCUT2D eigenvalue weighted by molar-refractivity contribution is 5.93. The van der Waals surface area contributed by atoms with Crippen LogP contribution in [0.4, 0.5) is 0 Å². The number of fused-ring (bicyclic) bond motifs is 1. The second-order valence-electron chi connectivity index (χ2n) is 6.16. The van der Waals surface area contributed by atoms with Crippen molar-refractivity contribution in [3.8, 4) is 0 Å². The molecule has 1 saturated carbocycles. The van der Waals surface area contributed by atoms with Gasteiger partial charge >= 0.3 is 0 Å². The Hall–Kier alpha value is -1.29. The number of carbonyl (C=O) groups is 1. The minimum atomic E-state index is 0.244. The van der Waals surface area contributed by atoms with Gasteiger partial charge in [0.15, 0.2) is 0 Å². The van der Waals surface area contributed by atoms with Gasteiger partial charge in [0.05, 0.1) is 0 Å². The molecule has 1 aliphatic carbocycles. The number of hydrogen-bond acceptors (Lipinski definition) is 2. The Kier molecular flexibility index (Phi) is 2.65. The minimum absolute atomic E-state index is 0.244. The van der Waals surface area contributed by atoms with Crippen molar-refractivity contribution < 1.29 is 4.79 Å². The summed E-state index contributed by atoms with van der Waals surface area (Å²) < 4.78 is 2.21. The largest absolute Gasteiger partial charge is 0.340 e. The van der Waals surface area contributed by atoms with Crippen molar-refractivity contribution in [2.45, 2.75) is 37.8 Å². The lowest BCUT2D eigenvalue weighted by Gasteiger charge is -2.30. The van der Waals surface area contributed by atoms with Gasteiger partial charge in [-0.1, -0.05) is 0 Å². The van der Waals surface area contributed by atoms with Gasteiger partial charge in [0.2, 0.25) is 0 Å². The van der Waals surface area contributed by atoms with E-state index in [1.165, 1.54) is 19.3 Å². The number of nitrogens with zero attached hydrogens (tertiary/aromatic N) is 2. The summed E-state index contributed by atoms with van der Waals surface area (Å²) in [5.41, 5.74) is 0.900. The number of hydrogen-bond donors (Lipinski definition) is 1. The van der Waals surface area contributed by atoms with Crippen LogP contribution >= 0.6 is 0 Å². The molecule has 1 aromatic heterocycles. The van der Waals surface area contributed by atoms with Gasteiger partial charge in [-0.05, 0) is 43.7 Å². The van der Waals surface area contributed by atoms with Crippen molar-refractivity contribution in [1.82, 2.24) is 14.8 Å². The normalized spacial score (nSPS) is 30.4. The summed E-state index contributed by atoms with van der Waals surface area (Å²) in [6.45, 7) is 2.99. The van der Waals surface area contributed by atoms with Gasteiger partial charge in [0, 0.05) is 37.9 Å². The number of likely N-dealkylation sites (tertiary alicyclic amines) is 1. The molecule has 1 N–H and O–H groups in total.